The van der Waals surface area contributed by atoms with Gasteiger partial charge in [0.25, 0.3) is 0 Å². The van der Waals surface area contributed by atoms with E-state index in [1.54, 1.807) is 0 Å². The van der Waals surface area contributed by atoms with Crippen molar-refractivity contribution in [2.24, 2.45) is 5.41 Å². The third-order valence-corrected chi connectivity index (χ3v) is 2.86. The normalized spacial score (nSPS) is 16.2. The van der Waals surface area contributed by atoms with E-state index in [0.717, 1.165) is 25.8 Å². The van der Waals surface area contributed by atoms with E-state index in [-0.39, 0.29) is 17.9 Å². The average molecular weight is 228 g/mol. The Hall–Kier alpha value is -0.610. The summed E-state index contributed by atoms with van der Waals surface area (Å²) < 4.78 is 0. The van der Waals surface area contributed by atoms with Crippen LogP contribution >= 0.6 is 0 Å². The second kappa shape index (κ2) is 6.21. The fourth-order valence-electron chi connectivity index (χ4n) is 1.55. The standard InChI is InChI=1S/C12H24N2O2/c1-12(2,6-8-15)9-13-7-5-11(16)14-10-3-4-10/h10,13,15H,3-9H2,1-2H3,(H,14,16). The lowest BCUT2D eigenvalue weighted by Gasteiger charge is -2.23. The van der Waals surface area contributed by atoms with Crippen LogP contribution in [0, 0.1) is 5.41 Å². The molecule has 4 nitrogen and oxygen atoms in total. The Morgan fingerprint density at radius 3 is 2.69 bits per heavy atom. The first-order chi connectivity index (χ1) is 7.53. The zero-order chi connectivity index (χ0) is 12.0. The van der Waals surface area contributed by atoms with Crippen molar-refractivity contribution in [1.29, 1.82) is 0 Å². The first-order valence-electron chi connectivity index (χ1n) is 6.14. The van der Waals surface area contributed by atoms with Crippen LogP contribution in [-0.2, 0) is 4.79 Å². The highest BCUT2D eigenvalue weighted by atomic mass is 16.3. The monoisotopic (exact) mass is 228 g/mol. The molecule has 1 fully saturated rings. The highest BCUT2D eigenvalue weighted by molar-refractivity contribution is 5.76. The largest absolute Gasteiger partial charge is 0.396 e. The summed E-state index contributed by atoms with van der Waals surface area (Å²) in [5.74, 6) is 0.148. The van der Waals surface area contributed by atoms with Gasteiger partial charge in [0.05, 0.1) is 0 Å². The van der Waals surface area contributed by atoms with Crippen molar-refractivity contribution in [3.63, 3.8) is 0 Å². The number of carbonyl (C=O) groups is 1. The van der Waals surface area contributed by atoms with Gasteiger partial charge >= 0.3 is 0 Å². The van der Waals surface area contributed by atoms with Crippen molar-refractivity contribution in [3.05, 3.63) is 0 Å². The Labute approximate surface area is 97.8 Å². The van der Waals surface area contributed by atoms with Crippen molar-refractivity contribution in [1.82, 2.24) is 10.6 Å². The van der Waals surface area contributed by atoms with Crippen molar-refractivity contribution < 1.29 is 9.90 Å². The molecule has 1 aliphatic rings. The minimum Gasteiger partial charge on any atom is -0.396 e. The molecule has 1 rings (SSSR count). The van der Waals surface area contributed by atoms with Crippen LogP contribution in [0.25, 0.3) is 0 Å². The Morgan fingerprint density at radius 1 is 1.44 bits per heavy atom. The van der Waals surface area contributed by atoms with Crippen LogP contribution in [0.1, 0.15) is 39.5 Å². The molecule has 0 aromatic heterocycles. The molecule has 1 aliphatic carbocycles. The van der Waals surface area contributed by atoms with Gasteiger partial charge in [-0.3, -0.25) is 4.79 Å². The topological polar surface area (TPSA) is 61.4 Å². The molecule has 16 heavy (non-hydrogen) atoms. The minimum atomic E-state index is 0.0989. The van der Waals surface area contributed by atoms with Crippen LogP contribution in [-0.4, -0.2) is 36.8 Å². The van der Waals surface area contributed by atoms with Crippen LogP contribution in [0.5, 0.6) is 0 Å². The quantitative estimate of drug-likeness (QED) is 0.535. The molecule has 0 aliphatic heterocycles. The molecular formula is C12H24N2O2. The smallest absolute Gasteiger partial charge is 0.221 e. The van der Waals surface area contributed by atoms with Crippen LogP contribution in [0.15, 0.2) is 0 Å². The maximum Gasteiger partial charge on any atom is 0.221 e. The number of nitrogens with one attached hydrogen (secondary N) is 2. The van der Waals surface area contributed by atoms with Gasteiger partial charge in [0.2, 0.25) is 5.91 Å². The van der Waals surface area contributed by atoms with Crippen molar-refractivity contribution in [2.45, 2.75) is 45.6 Å². The molecule has 4 heteroatoms. The molecular weight excluding hydrogens is 204 g/mol. The molecule has 0 aromatic rings. The van der Waals surface area contributed by atoms with Gasteiger partial charge in [-0.15, -0.1) is 0 Å². The van der Waals surface area contributed by atoms with Gasteiger partial charge in [-0.25, -0.2) is 0 Å². The summed E-state index contributed by atoms with van der Waals surface area (Å²) in [4.78, 5) is 11.4. The lowest BCUT2D eigenvalue weighted by molar-refractivity contribution is -0.121. The van der Waals surface area contributed by atoms with E-state index in [4.69, 9.17) is 5.11 Å². The number of carbonyl (C=O) groups excluding carboxylic acids is 1. The summed E-state index contributed by atoms with van der Waals surface area (Å²) >= 11 is 0. The number of amides is 1. The van der Waals surface area contributed by atoms with Gasteiger partial charge < -0.3 is 15.7 Å². The highest BCUT2D eigenvalue weighted by Crippen LogP contribution is 2.19. The molecule has 0 atom stereocenters. The van der Waals surface area contributed by atoms with E-state index in [1.807, 2.05) is 0 Å². The number of aliphatic hydroxyl groups excluding tert-OH is 1. The van der Waals surface area contributed by atoms with E-state index < -0.39 is 0 Å². The number of rotatable bonds is 8. The summed E-state index contributed by atoms with van der Waals surface area (Å²) in [7, 11) is 0. The summed E-state index contributed by atoms with van der Waals surface area (Å²) in [6, 6.07) is 0.457. The van der Waals surface area contributed by atoms with Crippen LogP contribution in [0.2, 0.25) is 0 Å². The minimum absolute atomic E-state index is 0.0989. The molecule has 0 bridgehead atoms. The van der Waals surface area contributed by atoms with Crippen molar-refractivity contribution in [3.8, 4) is 0 Å². The summed E-state index contributed by atoms with van der Waals surface area (Å²) in [5.41, 5.74) is 0.0989. The number of aliphatic hydroxyl groups is 1. The summed E-state index contributed by atoms with van der Waals surface area (Å²) in [6.07, 6.45) is 3.62. The van der Waals surface area contributed by atoms with Gasteiger partial charge in [0, 0.05) is 32.2 Å². The van der Waals surface area contributed by atoms with Gasteiger partial charge in [0.15, 0.2) is 0 Å². The highest BCUT2D eigenvalue weighted by Gasteiger charge is 2.23. The van der Waals surface area contributed by atoms with Gasteiger partial charge in [0.1, 0.15) is 0 Å². The molecule has 1 amide bonds. The molecule has 0 heterocycles. The van der Waals surface area contributed by atoms with E-state index in [1.165, 1.54) is 0 Å². The molecule has 3 N–H and O–H groups in total. The second-order valence-corrected chi connectivity index (χ2v) is 5.41. The lowest BCUT2D eigenvalue weighted by Crippen LogP contribution is -2.34. The molecule has 0 saturated heterocycles. The molecule has 1 saturated carbocycles. The first kappa shape index (κ1) is 13.5. The average Bonchev–Trinajstić information content (AvgIpc) is 2.96. The zero-order valence-corrected chi connectivity index (χ0v) is 10.4. The second-order valence-electron chi connectivity index (χ2n) is 5.41. The SMILES string of the molecule is CC(C)(CCO)CNCCC(=O)NC1CC1. The van der Waals surface area contributed by atoms with Crippen LogP contribution < -0.4 is 10.6 Å². The molecule has 94 valence electrons. The third kappa shape index (κ3) is 6.08. The Balaban J connectivity index is 1.99. The zero-order valence-electron chi connectivity index (χ0n) is 10.4. The molecule has 0 spiro atoms. The van der Waals surface area contributed by atoms with Gasteiger partial charge in [-0.05, 0) is 24.7 Å². The van der Waals surface area contributed by atoms with Gasteiger partial charge in [-0.2, -0.15) is 0 Å². The van der Waals surface area contributed by atoms with Crippen molar-refractivity contribution in [2.75, 3.05) is 19.7 Å². The maximum absolute atomic E-state index is 11.4. The summed E-state index contributed by atoms with van der Waals surface area (Å²) in [5, 5.41) is 15.1. The fourth-order valence-corrected chi connectivity index (χ4v) is 1.55. The van der Waals surface area contributed by atoms with Gasteiger partial charge in [-0.1, -0.05) is 13.8 Å². The predicted octanol–water partition coefficient (Wildman–Crippen LogP) is 0.653. The summed E-state index contributed by atoms with van der Waals surface area (Å²) in [6.45, 7) is 6.00. The maximum atomic E-state index is 11.4. The fraction of sp³-hybridized carbons (Fsp3) is 0.917. The Bertz CT molecular complexity index is 225. The van der Waals surface area contributed by atoms with Crippen molar-refractivity contribution >= 4 is 5.91 Å². The Kier molecular flexibility index (Phi) is 5.22. The van der Waals surface area contributed by atoms with E-state index >= 15 is 0 Å². The predicted molar refractivity (Wildman–Crippen MR) is 64.1 cm³/mol. The molecule has 0 radical (unpaired) electrons. The number of hydrogen-bond donors (Lipinski definition) is 3. The van der Waals surface area contributed by atoms with E-state index in [2.05, 4.69) is 24.5 Å². The number of hydrogen-bond acceptors (Lipinski definition) is 3. The Morgan fingerprint density at radius 2 is 2.12 bits per heavy atom. The molecule has 0 unspecified atom stereocenters. The van der Waals surface area contributed by atoms with E-state index in [0.29, 0.717) is 19.0 Å². The van der Waals surface area contributed by atoms with Crippen LogP contribution in [0.4, 0.5) is 0 Å². The lowest BCUT2D eigenvalue weighted by atomic mass is 9.90. The first-order valence-corrected chi connectivity index (χ1v) is 6.14. The van der Waals surface area contributed by atoms with E-state index in [9.17, 15) is 4.79 Å². The third-order valence-electron chi connectivity index (χ3n) is 2.86. The molecule has 0 aromatic carbocycles. The van der Waals surface area contributed by atoms with Crippen LogP contribution in [0.3, 0.4) is 0 Å².